The van der Waals surface area contributed by atoms with Crippen molar-refractivity contribution in [3.63, 3.8) is 0 Å². The minimum Gasteiger partial charge on any atom is -0.492 e. The molecule has 408 valence electrons. The second-order valence-corrected chi connectivity index (χ2v) is 23.1. The average Bonchev–Trinajstić information content (AvgIpc) is 4.16. The maximum Gasteiger partial charge on any atom is 0.339 e. The molecule has 1 aliphatic heterocycles. The molecule has 0 N–H and O–H groups in total. The Hall–Kier alpha value is -8.74. The van der Waals surface area contributed by atoms with Crippen molar-refractivity contribution in [3.05, 3.63) is 239 Å². The number of thioether (sulfide) groups is 1. The van der Waals surface area contributed by atoms with Crippen LogP contribution in [0, 0.1) is 6.92 Å². The lowest BCUT2D eigenvalue weighted by Gasteiger charge is -2.42. The number of hydrogen-bond acceptors (Lipinski definition) is 9. The van der Waals surface area contributed by atoms with Gasteiger partial charge >= 0.3 is 5.97 Å². The third-order valence-electron chi connectivity index (χ3n) is 15.2. The summed E-state index contributed by atoms with van der Waals surface area (Å²) in [6, 6.07) is 64.3. The van der Waals surface area contributed by atoms with Crippen LogP contribution in [0.5, 0.6) is 5.75 Å². The molecule has 0 aliphatic carbocycles. The van der Waals surface area contributed by atoms with Gasteiger partial charge in [0.05, 0.1) is 39.4 Å². The van der Waals surface area contributed by atoms with E-state index in [4.69, 9.17) is 19.4 Å². The standard InChI is InChI=1S/C69H66N6O5S/c1-8-20-62-71-63-46(2)41-50(43-60(63)74(62)45-48-29-33-49(34-30-48)56-27-18-19-28-57(56)66(77)80-68(3,4)5)64-70-58-38-35-54(44-59(58)73(64)7)72(6)39-40-79-55-36-31-47(32-37-55)42-61-65(76)75(67(78)81-61)69(51-21-12-9-13-22-51,52-23-14-10-15-24-52)53-25-16-11-17-26-53/h9-19,21-38,41,43-44,61H,8,20,39-40,42,45H2,1-7H3. The van der Waals surface area contributed by atoms with Crippen LogP contribution in [0.1, 0.15) is 83.7 Å². The van der Waals surface area contributed by atoms with Gasteiger partial charge < -0.3 is 23.5 Å². The van der Waals surface area contributed by atoms with Crippen molar-refractivity contribution in [2.75, 3.05) is 25.1 Å². The molecule has 11 nitrogen and oxygen atoms in total. The van der Waals surface area contributed by atoms with Gasteiger partial charge in [0.2, 0.25) is 5.91 Å². The molecule has 8 aromatic carbocycles. The van der Waals surface area contributed by atoms with E-state index in [-0.39, 0.29) is 17.1 Å². The molecule has 2 amide bonds. The smallest absolute Gasteiger partial charge is 0.339 e. The summed E-state index contributed by atoms with van der Waals surface area (Å²) in [5.41, 5.74) is 12.3. The average molecular weight is 1090 g/mol. The molecule has 1 saturated heterocycles. The van der Waals surface area contributed by atoms with E-state index in [9.17, 15) is 14.4 Å². The Balaban J connectivity index is 0.760. The fraction of sp³-hybridized carbons (Fsp3) is 0.232. The lowest BCUT2D eigenvalue weighted by atomic mass is 9.75. The van der Waals surface area contributed by atoms with Crippen molar-refractivity contribution < 1.29 is 23.9 Å². The Kier molecular flexibility index (Phi) is 15.3. The Morgan fingerprint density at radius 3 is 1.94 bits per heavy atom. The number of imidazole rings is 2. The van der Waals surface area contributed by atoms with Gasteiger partial charge in [-0.3, -0.25) is 14.5 Å². The molecule has 10 aromatic rings. The molecule has 0 saturated carbocycles. The van der Waals surface area contributed by atoms with E-state index in [1.807, 2.05) is 160 Å². The lowest BCUT2D eigenvalue weighted by Crippen LogP contribution is -2.51. The van der Waals surface area contributed by atoms with Crippen molar-refractivity contribution in [1.82, 2.24) is 24.0 Å². The zero-order valence-electron chi connectivity index (χ0n) is 46.9. The van der Waals surface area contributed by atoms with Gasteiger partial charge in [-0.2, -0.15) is 0 Å². The van der Waals surface area contributed by atoms with Crippen LogP contribution in [0.4, 0.5) is 10.5 Å². The van der Waals surface area contributed by atoms with Crippen LogP contribution in [0.2, 0.25) is 0 Å². The number of rotatable bonds is 18. The predicted molar refractivity (Wildman–Crippen MR) is 326 cm³/mol. The Labute approximate surface area is 478 Å². The summed E-state index contributed by atoms with van der Waals surface area (Å²) in [5.74, 6) is 2.09. The van der Waals surface area contributed by atoms with Crippen molar-refractivity contribution in [2.24, 2.45) is 7.05 Å². The highest BCUT2D eigenvalue weighted by Crippen LogP contribution is 2.48. The first-order chi connectivity index (χ1) is 39.2. The van der Waals surface area contributed by atoms with Gasteiger partial charge in [0.1, 0.15) is 35.1 Å². The number of ether oxygens (including phenoxy) is 2. The number of imide groups is 1. The number of aromatic nitrogens is 4. The first-order valence-corrected chi connectivity index (χ1v) is 28.6. The number of aryl methyl sites for hydroxylation is 3. The largest absolute Gasteiger partial charge is 0.492 e. The van der Waals surface area contributed by atoms with Crippen molar-refractivity contribution in [1.29, 1.82) is 0 Å². The molecular weight excluding hydrogens is 1020 g/mol. The monoisotopic (exact) mass is 1090 g/mol. The Morgan fingerprint density at radius 2 is 1.31 bits per heavy atom. The first kappa shape index (κ1) is 54.2. The van der Waals surface area contributed by atoms with Gasteiger partial charge in [-0.25, -0.2) is 14.8 Å². The fourth-order valence-electron chi connectivity index (χ4n) is 11.2. The first-order valence-electron chi connectivity index (χ1n) is 27.7. The van der Waals surface area contributed by atoms with Gasteiger partial charge in [0.15, 0.2) is 0 Å². The molecule has 0 spiro atoms. The van der Waals surface area contributed by atoms with Crippen molar-refractivity contribution in [2.45, 2.75) is 76.8 Å². The maximum absolute atomic E-state index is 14.7. The summed E-state index contributed by atoms with van der Waals surface area (Å²) in [7, 11) is 4.14. The highest BCUT2D eigenvalue weighted by Gasteiger charge is 2.54. The summed E-state index contributed by atoms with van der Waals surface area (Å²) in [6.45, 7) is 11.7. The summed E-state index contributed by atoms with van der Waals surface area (Å²) < 4.78 is 16.5. The number of hydrogen-bond donors (Lipinski definition) is 0. The number of carbonyl (C=O) groups excluding carboxylic acids is 3. The second kappa shape index (κ2) is 22.8. The Bertz CT molecular complexity index is 3810. The van der Waals surface area contributed by atoms with Crippen LogP contribution in [0.15, 0.2) is 194 Å². The topological polar surface area (TPSA) is 112 Å². The quantitative estimate of drug-likeness (QED) is 0.0612. The molecule has 11 rings (SSSR count). The zero-order valence-corrected chi connectivity index (χ0v) is 47.7. The normalized spacial score (nSPS) is 13.8. The fourth-order valence-corrected chi connectivity index (χ4v) is 12.3. The van der Waals surface area contributed by atoms with Gasteiger partial charge in [0.25, 0.3) is 5.24 Å². The highest BCUT2D eigenvalue weighted by molar-refractivity contribution is 8.15. The molecule has 3 heterocycles. The summed E-state index contributed by atoms with van der Waals surface area (Å²) in [4.78, 5) is 56.2. The zero-order chi connectivity index (χ0) is 56.4. The van der Waals surface area contributed by atoms with Crippen LogP contribution in [0.25, 0.3) is 44.6 Å². The van der Waals surface area contributed by atoms with E-state index in [0.717, 1.165) is 120 Å². The molecule has 1 atom stereocenters. The summed E-state index contributed by atoms with van der Waals surface area (Å²) in [6.07, 6.45) is 2.21. The lowest BCUT2D eigenvalue weighted by molar-refractivity contribution is -0.129. The van der Waals surface area contributed by atoms with Crippen LogP contribution >= 0.6 is 11.8 Å². The predicted octanol–water partition coefficient (Wildman–Crippen LogP) is 14.6. The van der Waals surface area contributed by atoms with Gasteiger partial charge in [0, 0.05) is 38.3 Å². The summed E-state index contributed by atoms with van der Waals surface area (Å²) in [5, 5.41) is -0.866. The molecule has 0 radical (unpaired) electrons. The van der Waals surface area contributed by atoms with E-state index >= 15 is 0 Å². The van der Waals surface area contributed by atoms with E-state index in [1.54, 1.807) is 0 Å². The number of fused-ring (bicyclic) bond motifs is 2. The number of benzene rings is 8. The number of likely N-dealkylation sites (N-methyl/N-ethyl adjacent to an activating group) is 1. The van der Waals surface area contributed by atoms with Gasteiger partial charge in [-0.15, -0.1) is 0 Å². The molecule has 1 aliphatic rings. The summed E-state index contributed by atoms with van der Waals surface area (Å²) >= 11 is 1.10. The van der Waals surface area contributed by atoms with Crippen LogP contribution in [0.3, 0.4) is 0 Å². The van der Waals surface area contributed by atoms with Crippen molar-refractivity contribution >= 4 is 56.6 Å². The number of amides is 2. The van der Waals surface area contributed by atoms with Crippen LogP contribution in [-0.2, 0) is 41.5 Å². The molecule has 1 fully saturated rings. The van der Waals surface area contributed by atoms with E-state index in [0.29, 0.717) is 31.7 Å². The highest BCUT2D eigenvalue weighted by atomic mass is 32.2. The minimum absolute atomic E-state index is 0.218. The van der Waals surface area contributed by atoms with Crippen LogP contribution < -0.4 is 9.64 Å². The van der Waals surface area contributed by atoms with E-state index < -0.39 is 16.4 Å². The van der Waals surface area contributed by atoms with Gasteiger partial charge in [-0.05, 0) is 134 Å². The van der Waals surface area contributed by atoms with Crippen molar-refractivity contribution in [3.8, 4) is 28.3 Å². The molecular formula is C69H66N6O5S. The Morgan fingerprint density at radius 1 is 0.691 bits per heavy atom. The second-order valence-electron chi connectivity index (χ2n) is 21.9. The number of nitrogens with zero attached hydrogens (tertiary/aromatic N) is 6. The molecule has 1 unspecified atom stereocenters. The molecule has 2 aromatic heterocycles. The number of esters is 1. The maximum atomic E-state index is 14.7. The molecule has 81 heavy (non-hydrogen) atoms. The SMILES string of the molecule is CCCc1nc2c(C)cc(-c3nc4ccc(N(C)CCOc5ccc(CC6SC(=O)N(C(c7ccccc7)(c7ccccc7)c7ccccc7)C6=O)cc5)cc4n3C)cc2n1Cc1ccc(-c2ccccc2C(=O)OC(C)(C)C)cc1. The van der Waals surface area contributed by atoms with Gasteiger partial charge in [-0.1, -0.05) is 164 Å². The number of carbonyl (C=O) groups is 3. The molecule has 0 bridgehead atoms. The third kappa shape index (κ3) is 10.9. The minimum atomic E-state index is -1.15. The molecule has 12 heteroatoms. The van der Waals surface area contributed by atoms with E-state index in [2.05, 4.69) is 96.6 Å². The number of anilines is 1. The third-order valence-corrected chi connectivity index (χ3v) is 16.2. The van der Waals surface area contributed by atoms with Crippen LogP contribution in [-0.4, -0.2) is 72.2 Å². The van der Waals surface area contributed by atoms with E-state index in [1.165, 1.54) is 4.90 Å².